The largest absolute Gasteiger partial charge is 0.330 e. The van der Waals surface area contributed by atoms with Gasteiger partial charge in [-0.15, -0.1) is 0 Å². The molecule has 4 heterocycles. The minimum Gasteiger partial charge on any atom is -0.330 e. The summed E-state index contributed by atoms with van der Waals surface area (Å²) in [6.07, 6.45) is 6.10. The Morgan fingerprint density at radius 2 is 1.83 bits per heavy atom. The van der Waals surface area contributed by atoms with Gasteiger partial charge in [-0.25, -0.2) is 0 Å². The summed E-state index contributed by atoms with van der Waals surface area (Å²) in [7, 11) is 4.23. The van der Waals surface area contributed by atoms with E-state index in [9.17, 15) is 4.79 Å². The number of carbonyl (C=O) groups excluding carboxylic acids is 1. The molecule has 24 heavy (non-hydrogen) atoms. The zero-order chi connectivity index (χ0) is 16.4. The van der Waals surface area contributed by atoms with Crippen LogP contribution in [0.3, 0.4) is 0 Å². The molecule has 1 aromatic heterocycles. The van der Waals surface area contributed by atoms with Gasteiger partial charge in [0.05, 0.1) is 23.3 Å². The van der Waals surface area contributed by atoms with Crippen LogP contribution in [-0.4, -0.2) is 50.7 Å². The standard InChI is InChI=1S/C19H24N4O/c1-21-12-5-3-6-13(21)10-14(9-12)23-11-16-18-15(19(23)24)7-4-8-17(18)22(2)20-16/h4,7-8,12-14H,3,5-6,9-11H2,1-2H3. The molecule has 2 bridgehead atoms. The second-order valence-electron chi connectivity index (χ2n) is 7.73. The molecule has 5 nitrogen and oxygen atoms in total. The fourth-order valence-corrected chi connectivity index (χ4v) is 5.21. The van der Waals surface area contributed by atoms with Gasteiger partial charge in [-0.1, -0.05) is 12.5 Å². The molecule has 3 aliphatic rings. The fourth-order valence-electron chi connectivity index (χ4n) is 5.21. The molecule has 2 saturated heterocycles. The van der Waals surface area contributed by atoms with Crippen molar-refractivity contribution in [2.24, 2.45) is 7.05 Å². The average Bonchev–Trinajstić information content (AvgIpc) is 2.88. The molecular formula is C19H24N4O. The van der Waals surface area contributed by atoms with Crippen LogP contribution in [0.2, 0.25) is 0 Å². The van der Waals surface area contributed by atoms with Crippen molar-refractivity contribution in [3.05, 3.63) is 29.5 Å². The summed E-state index contributed by atoms with van der Waals surface area (Å²) in [6, 6.07) is 7.63. The highest BCUT2D eigenvalue weighted by atomic mass is 16.2. The van der Waals surface area contributed by atoms with Gasteiger partial charge in [-0.05, 0) is 44.9 Å². The van der Waals surface area contributed by atoms with Crippen LogP contribution in [0, 0.1) is 0 Å². The third kappa shape index (κ3) is 1.91. The lowest BCUT2D eigenvalue weighted by Gasteiger charge is -2.50. The van der Waals surface area contributed by atoms with Crippen LogP contribution in [0.4, 0.5) is 0 Å². The van der Waals surface area contributed by atoms with E-state index in [1.54, 1.807) is 0 Å². The summed E-state index contributed by atoms with van der Waals surface area (Å²) in [5.74, 6) is 0.203. The first-order valence-electron chi connectivity index (χ1n) is 9.11. The van der Waals surface area contributed by atoms with Gasteiger partial charge in [-0.2, -0.15) is 5.10 Å². The molecule has 1 aromatic carbocycles. The molecule has 0 saturated carbocycles. The molecule has 5 rings (SSSR count). The first-order chi connectivity index (χ1) is 11.6. The van der Waals surface area contributed by atoms with Crippen molar-refractivity contribution in [3.63, 3.8) is 0 Å². The Bertz CT molecular complexity index is 812. The Labute approximate surface area is 142 Å². The monoisotopic (exact) mass is 324 g/mol. The minimum atomic E-state index is 0.203. The molecule has 3 aliphatic heterocycles. The highest BCUT2D eigenvalue weighted by molar-refractivity contribution is 6.09. The third-order valence-corrected chi connectivity index (χ3v) is 6.52. The number of aromatic nitrogens is 2. The van der Waals surface area contributed by atoms with Crippen LogP contribution in [0.25, 0.3) is 10.9 Å². The Kier molecular flexibility index (Phi) is 3.05. The van der Waals surface area contributed by atoms with Gasteiger partial charge in [-0.3, -0.25) is 9.48 Å². The summed E-state index contributed by atoms with van der Waals surface area (Å²) in [5.41, 5.74) is 2.97. The van der Waals surface area contributed by atoms with Gasteiger partial charge in [0.1, 0.15) is 0 Å². The lowest BCUT2D eigenvalue weighted by Crippen LogP contribution is -2.56. The molecule has 1 amide bonds. The van der Waals surface area contributed by atoms with E-state index in [2.05, 4.69) is 22.9 Å². The van der Waals surface area contributed by atoms with E-state index in [0.717, 1.165) is 35.0 Å². The number of carbonyl (C=O) groups is 1. The number of hydrogen-bond acceptors (Lipinski definition) is 3. The second-order valence-corrected chi connectivity index (χ2v) is 7.73. The quantitative estimate of drug-likeness (QED) is 0.809. The van der Waals surface area contributed by atoms with E-state index in [4.69, 9.17) is 5.10 Å². The molecule has 0 spiro atoms. The van der Waals surface area contributed by atoms with E-state index in [1.807, 2.05) is 23.9 Å². The number of piperidine rings is 2. The van der Waals surface area contributed by atoms with E-state index in [1.165, 1.54) is 19.3 Å². The zero-order valence-electron chi connectivity index (χ0n) is 14.4. The first-order valence-corrected chi connectivity index (χ1v) is 9.11. The zero-order valence-corrected chi connectivity index (χ0v) is 14.4. The highest BCUT2D eigenvalue weighted by Gasteiger charge is 2.41. The molecule has 2 fully saturated rings. The smallest absolute Gasteiger partial charge is 0.255 e. The van der Waals surface area contributed by atoms with Crippen molar-refractivity contribution in [2.45, 2.75) is 56.8 Å². The maximum atomic E-state index is 13.2. The Morgan fingerprint density at radius 3 is 2.58 bits per heavy atom. The molecule has 126 valence electrons. The van der Waals surface area contributed by atoms with E-state index in [-0.39, 0.29) is 5.91 Å². The number of benzene rings is 1. The normalized spacial score (nSPS) is 30.2. The topological polar surface area (TPSA) is 41.4 Å². The Balaban J connectivity index is 1.52. The second kappa shape index (κ2) is 5.06. The van der Waals surface area contributed by atoms with Crippen LogP contribution in [-0.2, 0) is 13.6 Å². The van der Waals surface area contributed by atoms with Crippen molar-refractivity contribution >= 4 is 16.8 Å². The van der Waals surface area contributed by atoms with Crippen LogP contribution in [0.1, 0.15) is 48.2 Å². The van der Waals surface area contributed by atoms with Crippen LogP contribution in [0.15, 0.2) is 18.2 Å². The maximum Gasteiger partial charge on any atom is 0.255 e. The summed E-state index contributed by atoms with van der Waals surface area (Å²) in [5, 5.41) is 5.76. The van der Waals surface area contributed by atoms with Gasteiger partial charge >= 0.3 is 0 Å². The third-order valence-electron chi connectivity index (χ3n) is 6.52. The lowest BCUT2D eigenvalue weighted by atomic mass is 9.81. The number of fused-ring (bicyclic) bond motifs is 2. The summed E-state index contributed by atoms with van der Waals surface area (Å²) >= 11 is 0. The molecule has 0 aliphatic carbocycles. The number of hydrogen-bond donors (Lipinski definition) is 0. The molecule has 5 heteroatoms. The number of nitrogens with zero attached hydrogens (tertiary/aromatic N) is 4. The van der Waals surface area contributed by atoms with Crippen molar-refractivity contribution in [1.29, 1.82) is 0 Å². The van der Waals surface area contributed by atoms with Gasteiger partial charge < -0.3 is 9.80 Å². The molecular weight excluding hydrogens is 300 g/mol. The summed E-state index contributed by atoms with van der Waals surface area (Å²) in [4.78, 5) is 17.9. The number of amides is 1. The molecule has 2 aromatic rings. The van der Waals surface area contributed by atoms with E-state index in [0.29, 0.717) is 24.7 Å². The molecule has 2 atom stereocenters. The van der Waals surface area contributed by atoms with Crippen molar-refractivity contribution in [1.82, 2.24) is 19.6 Å². The molecule has 0 N–H and O–H groups in total. The Morgan fingerprint density at radius 1 is 1.08 bits per heavy atom. The predicted octanol–water partition coefficient (Wildman–Crippen LogP) is 2.54. The van der Waals surface area contributed by atoms with Gasteiger partial charge in [0, 0.05) is 30.6 Å². The molecule has 0 radical (unpaired) electrons. The SMILES string of the molecule is CN1C2CCCC1CC(N1Cc3nn(C)c4cccc(c34)C1=O)C2. The van der Waals surface area contributed by atoms with Crippen molar-refractivity contribution in [2.75, 3.05) is 7.05 Å². The lowest BCUT2D eigenvalue weighted by molar-refractivity contribution is 0.00717. The first kappa shape index (κ1) is 14.5. The Hall–Kier alpha value is -1.88. The highest BCUT2D eigenvalue weighted by Crippen LogP contribution is 2.38. The van der Waals surface area contributed by atoms with Gasteiger partial charge in [0.25, 0.3) is 5.91 Å². The van der Waals surface area contributed by atoms with Crippen LogP contribution >= 0.6 is 0 Å². The van der Waals surface area contributed by atoms with Crippen LogP contribution in [0.5, 0.6) is 0 Å². The fraction of sp³-hybridized carbons (Fsp3) is 0.579. The van der Waals surface area contributed by atoms with Crippen molar-refractivity contribution < 1.29 is 4.79 Å². The van der Waals surface area contributed by atoms with Crippen molar-refractivity contribution in [3.8, 4) is 0 Å². The van der Waals surface area contributed by atoms with Gasteiger partial charge in [0.2, 0.25) is 0 Å². The summed E-state index contributed by atoms with van der Waals surface area (Å²) in [6.45, 7) is 0.668. The maximum absolute atomic E-state index is 13.2. The van der Waals surface area contributed by atoms with E-state index >= 15 is 0 Å². The molecule has 2 unspecified atom stereocenters. The average molecular weight is 324 g/mol. The van der Waals surface area contributed by atoms with Crippen LogP contribution < -0.4 is 0 Å². The summed E-state index contributed by atoms with van der Waals surface area (Å²) < 4.78 is 1.91. The van der Waals surface area contributed by atoms with Gasteiger partial charge in [0.15, 0.2) is 0 Å². The van der Waals surface area contributed by atoms with E-state index < -0.39 is 0 Å². The number of aryl methyl sites for hydroxylation is 1. The predicted molar refractivity (Wildman–Crippen MR) is 92.8 cm³/mol. The minimum absolute atomic E-state index is 0.203. The number of rotatable bonds is 1.